The number of aliphatic hydroxyl groups is 7. The van der Waals surface area contributed by atoms with Gasteiger partial charge >= 0.3 is 11.9 Å². The maximum Gasteiger partial charge on any atom is 0.306 e. The molecule has 0 aromatic rings. The largest absolute Gasteiger partial charge is 0.462 e. The molecule has 2 fully saturated rings. The van der Waals surface area contributed by atoms with Crippen molar-refractivity contribution in [2.45, 2.75) is 255 Å². The van der Waals surface area contributed by atoms with Gasteiger partial charge in [-0.25, -0.2) is 0 Å². The van der Waals surface area contributed by atoms with Gasteiger partial charge in [0, 0.05) is 12.8 Å². The van der Waals surface area contributed by atoms with Gasteiger partial charge in [-0.05, 0) is 32.1 Å². The quantitative estimate of drug-likeness (QED) is 0.0208. The van der Waals surface area contributed by atoms with Crippen molar-refractivity contribution < 1.29 is 73.8 Å². The Bertz CT molecular complexity index is 1160. The number of esters is 2. The first-order valence-electron chi connectivity index (χ1n) is 24.8. The zero-order valence-electron chi connectivity index (χ0n) is 38.8. The summed E-state index contributed by atoms with van der Waals surface area (Å²) in [4.78, 5) is 25.6. The summed E-state index contributed by atoms with van der Waals surface area (Å²) >= 11 is 0. The number of carbonyl (C=O) groups excluding carboxylic acids is 2. The van der Waals surface area contributed by atoms with Gasteiger partial charge in [-0.15, -0.1) is 0 Å². The van der Waals surface area contributed by atoms with Crippen molar-refractivity contribution in [3.05, 3.63) is 12.2 Å². The fourth-order valence-electron chi connectivity index (χ4n) is 7.87. The average molecular weight is 905 g/mol. The molecule has 11 atom stereocenters. The molecule has 2 heterocycles. The lowest BCUT2D eigenvalue weighted by molar-refractivity contribution is -0.332. The van der Waals surface area contributed by atoms with Gasteiger partial charge < -0.3 is 64.2 Å². The van der Waals surface area contributed by atoms with Crippen LogP contribution in [0.25, 0.3) is 0 Å². The molecule has 63 heavy (non-hydrogen) atoms. The summed E-state index contributed by atoms with van der Waals surface area (Å²) < 4.78 is 33.5. The molecule has 2 aliphatic heterocycles. The summed E-state index contributed by atoms with van der Waals surface area (Å²) in [6, 6.07) is 0. The third kappa shape index (κ3) is 25.1. The number of rotatable bonds is 38. The number of ether oxygens (including phenoxy) is 6. The standard InChI is InChI=1S/C48H88O15/c1-3-5-7-9-11-13-15-16-17-18-19-20-21-23-24-26-28-30-39(50)58-33-36(61-40(51)31-29-27-25-22-14-12-10-8-6-4-2)34-59-47-46(57)44(55)42(53)38(63-47)35-60-48-45(56)43(54)41(52)37(32-49)62-48/h8,10,36-38,41-49,52-57H,3-7,9,11-35H2,1-2H3/b10-8-. The smallest absolute Gasteiger partial charge is 0.306 e. The van der Waals surface area contributed by atoms with Crippen LogP contribution in [-0.4, -0.2) is 142 Å². The third-order valence-electron chi connectivity index (χ3n) is 12.0. The van der Waals surface area contributed by atoms with Gasteiger partial charge in [0.15, 0.2) is 18.7 Å². The molecule has 0 radical (unpaired) electrons. The van der Waals surface area contributed by atoms with E-state index in [1.165, 1.54) is 83.5 Å². The SMILES string of the molecule is CCC/C=C\CCCCCCCC(=O)OC(COC(=O)CCCCCCCCCCCCCCCCCCC)COC1OC(COC2OC(CO)C(O)C(O)C2O)C(O)C(O)C1O. The van der Waals surface area contributed by atoms with E-state index < -0.39 is 92.7 Å². The van der Waals surface area contributed by atoms with Gasteiger partial charge in [-0.1, -0.05) is 154 Å². The van der Waals surface area contributed by atoms with Gasteiger partial charge in [0.1, 0.15) is 55.4 Å². The summed E-state index contributed by atoms with van der Waals surface area (Å²) in [5.74, 6) is -0.930. The van der Waals surface area contributed by atoms with Crippen molar-refractivity contribution in [3.63, 3.8) is 0 Å². The molecule has 370 valence electrons. The van der Waals surface area contributed by atoms with E-state index >= 15 is 0 Å². The maximum atomic E-state index is 12.9. The highest BCUT2D eigenvalue weighted by Gasteiger charge is 2.47. The minimum absolute atomic E-state index is 0.158. The Kier molecular flexibility index (Phi) is 33.1. The Hall–Kier alpha value is -1.76. The van der Waals surface area contributed by atoms with E-state index in [9.17, 15) is 45.3 Å². The van der Waals surface area contributed by atoms with E-state index in [-0.39, 0.29) is 26.1 Å². The topological polar surface area (TPSA) is 231 Å². The number of hydrogen-bond donors (Lipinski definition) is 7. The minimum atomic E-state index is -1.76. The minimum Gasteiger partial charge on any atom is -0.462 e. The first-order valence-corrected chi connectivity index (χ1v) is 24.8. The third-order valence-corrected chi connectivity index (χ3v) is 12.0. The fraction of sp³-hybridized carbons (Fsp3) is 0.917. The van der Waals surface area contributed by atoms with Crippen LogP contribution in [0.4, 0.5) is 0 Å². The molecule has 11 unspecified atom stereocenters. The number of carbonyl (C=O) groups is 2. The van der Waals surface area contributed by atoms with E-state index in [2.05, 4.69) is 26.0 Å². The molecule has 15 heteroatoms. The van der Waals surface area contributed by atoms with Gasteiger partial charge in [0.25, 0.3) is 0 Å². The lowest BCUT2D eigenvalue weighted by Crippen LogP contribution is -2.61. The van der Waals surface area contributed by atoms with Crippen molar-refractivity contribution in [1.82, 2.24) is 0 Å². The molecular weight excluding hydrogens is 817 g/mol. The van der Waals surface area contributed by atoms with E-state index in [1.54, 1.807) is 0 Å². The molecule has 2 aliphatic rings. The van der Waals surface area contributed by atoms with Crippen molar-refractivity contribution in [1.29, 1.82) is 0 Å². The van der Waals surface area contributed by atoms with Gasteiger partial charge in [-0.3, -0.25) is 9.59 Å². The first kappa shape index (κ1) is 57.4. The Labute approximate surface area is 378 Å². The lowest BCUT2D eigenvalue weighted by Gasteiger charge is -2.42. The Balaban J connectivity index is 1.79. The number of unbranched alkanes of at least 4 members (excludes halogenated alkanes) is 22. The van der Waals surface area contributed by atoms with Crippen molar-refractivity contribution >= 4 is 11.9 Å². The zero-order valence-corrected chi connectivity index (χ0v) is 38.8. The number of aliphatic hydroxyl groups excluding tert-OH is 7. The average Bonchev–Trinajstić information content (AvgIpc) is 3.28. The first-order chi connectivity index (χ1) is 30.5. The Morgan fingerprint density at radius 1 is 0.492 bits per heavy atom. The van der Waals surface area contributed by atoms with Crippen LogP contribution in [0.2, 0.25) is 0 Å². The summed E-state index contributed by atoms with van der Waals surface area (Å²) in [6.07, 6.45) is 16.9. The molecular formula is C48H88O15. The second-order valence-electron chi connectivity index (χ2n) is 17.6. The van der Waals surface area contributed by atoms with Crippen molar-refractivity contribution in [2.75, 3.05) is 26.4 Å². The van der Waals surface area contributed by atoms with E-state index in [0.29, 0.717) is 12.8 Å². The van der Waals surface area contributed by atoms with Crippen LogP contribution in [0.1, 0.15) is 187 Å². The fourth-order valence-corrected chi connectivity index (χ4v) is 7.87. The normalized spacial score (nSPS) is 26.9. The summed E-state index contributed by atoms with van der Waals surface area (Å²) in [6.45, 7) is 2.52. The number of hydrogen-bond acceptors (Lipinski definition) is 15. The zero-order chi connectivity index (χ0) is 46.1. The second kappa shape index (κ2) is 36.4. The van der Waals surface area contributed by atoms with Crippen LogP contribution >= 0.6 is 0 Å². The highest BCUT2D eigenvalue weighted by molar-refractivity contribution is 5.70. The molecule has 0 aliphatic carbocycles. The molecule has 0 saturated carbocycles. The van der Waals surface area contributed by atoms with Crippen LogP contribution in [0.5, 0.6) is 0 Å². The van der Waals surface area contributed by atoms with Crippen molar-refractivity contribution in [3.8, 4) is 0 Å². The molecule has 7 N–H and O–H groups in total. The predicted molar refractivity (Wildman–Crippen MR) is 238 cm³/mol. The van der Waals surface area contributed by atoms with Gasteiger partial charge in [-0.2, -0.15) is 0 Å². The van der Waals surface area contributed by atoms with E-state index in [1.807, 2.05) is 0 Å². The molecule has 2 saturated heterocycles. The molecule has 0 amide bonds. The van der Waals surface area contributed by atoms with Crippen LogP contribution in [0, 0.1) is 0 Å². The molecule has 0 aromatic heterocycles. The second-order valence-corrected chi connectivity index (χ2v) is 17.6. The summed E-state index contributed by atoms with van der Waals surface area (Å²) in [5.41, 5.74) is 0. The van der Waals surface area contributed by atoms with Gasteiger partial charge in [0.05, 0.1) is 19.8 Å². The highest BCUT2D eigenvalue weighted by Crippen LogP contribution is 2.26. The molecule has 0 aromatic carbocycles. The van der Waals surface area contributed by atoms with Crippen LogP contribution in [-0.2, 0) is 38.0 Å². The molecule has 15 nitrogen and oxygen atoms in total. The van der Waals surface area contributed by atoms with Crippen molar-refractivity contribution in [2.24, 2.45) is 0 Å². The molecule has 2 rings (SSSR count). The summed E-state index contributed by atoms with van der Waals surface area (Å²) in [5, 5.41) is 71.9. The Morgan fingerprint density at radius 3 is 1.46 bits per heavy atom. The van der Waals surface area contributed by atoms with Crippen LogP contribution < -0.4 is 0 Å². The highest BCUT2D eigenvalue weighted by atomic mass is 16.7. The van der Waals surface area contributed by atoms with E-state index in [4.69, 9.17) is 28.4 Å². The van der Waals surface area contributed by atoms with Gasteiger partial charge in [0.2, 0.25) is 0 Å². The van der Waals surface area contributed by atoms with Crippen LogP contribution in [0.3, 0.4) is 0 Å². The van der Waals surface area contributed by atoms with E-state index in [0.717, 1.165) is 64.2 Å². The maximum absolute atomic E-state index is 12.9. The van der Waals surface area contributed by atoms with Crippen LogP contribution in [0.15, 0.2) is 12.2 Å². The monoisotopic (exact) mass is 905 g/mol. The summed E-state index contributed by atoms with van der Waals surface area (Å²) in [7, 11) is 0. The lowest BCUT2D eigenvalue weighted by atomic mass is 9.98. The molecule has 0 spiro atoms. The Morgan fingerprint density at radius 2 is 0.937 bits per heavy atom. The molecule has 0 bridgehead atoms. The predicted octanol–water partition coefficient (Wildman–Crippen LogP) is 6.21. The number of allylic oxidation sites excluding steroid dienone is 2.